The molecule has 1 fully saturated rings. The van der Waals surface area contributed by atoms with Crippen LogP contribution >= 0.6 is 0 Å². The van der Waals surface area contributed by atoms with Gasteiger partial charge in [0.1, 0.15) is 0 Å². The Morgan fingerprint density at radius 3 is 2.58 bits per heavy atom. The summed E-state index contributed by atoms with van der Waals surface area (Å²) in [5.41, 5.74) is 2.56. The largest absolute Gasteiger partial charge is 0.357 e. The van der Waals surface area contributed by atoms with Gasteiger partial charge in [-0.1, -0.05) is 43.7 Å². The second kappa shape index (κ2) is 9.60. The number of nitrogens with one attached hydrogen (secondary N) is 2. The first-order valence-corrected chi connectivity index (χ1v) is 9.79. The number of hydrogen-bond acceptors (Lipinski definition) is 2. The number of likely N-dealkylation sites (tertiary alicyclic amines) is 1. The minimum Gasteiger partial charge on any atom is -0.357 e. The van der Waals surface area contributed by atoms with Gasteiger partial charge in [-0.15, -0.1) is 0 Å². The van der Waals surface area contributed by atoms with Crippen LogP contribution in [-0.2, 0) is 10.2 Å². The number of amides is 1. The third-order valence-electron chi connectivity index (χ3n) is 4.88. The van der Waals surface area contributed by atoms with Crippen LogP contribution in [0.3, 0.4) is 0 Å². The Bertz CT molecular complexity index is 607. The second-order valence-electron chi connectivity index (χ2n) is 7.71. The summed E-state index contributed by atoms with van der Waals surface area (Å²) in [7, 11) is 0. The highest BCUT2D eigenvalue weighted by Gasteiger charge is 2.21. The summed E-state index contributed by atoms with van der Waals surface area (Å²) in [4.78, 5) is 18.4. The number of hydrogen-bond donors (Lipinski definition) is 2. The van der Waals surface area contributed by atoms with Crippen molar-refractivity contribution in [3.8, 4) is 0 Å². The third kappa shape index (κ3) is 6.04. The Morgan fingerprint density at radius 1 is 1.23 bits per heavy atom. The quantitative estimate of drug-likeness (QED) is 0.427. The van der Waals surface area contributed by atoms with Gasteiger partial charge in [0.2, 0.25) is 5.91 Å². The number of guanidine groups is 1. The number of benzene rings is 1. The fourth-order valence-corrected chi connectivity index (χ4v) is 3.13. The van der Waals surface area contributed by atoms with E-state index in [4.69, 9.17) is 4.99 Å². The molecule has 0 atom stereocenters. The Labute approximate surface area is 158 Å². The molecular formula is C21H34N4O. The number of carbonyl (C=O) groups excluding carboxylic acids is 1. The molecule has 1 amide bonds. The van der Waals surface area contributed by atoms with Crippen molar-refractivity contribution >= 4 is 11.9 Å². The van der Waals surface area contributed by atoms with E-state index in [1.807, 2.05) is 4.90 Å². The van der Waals surface area contributed by atoms with Crippen molar-refractivity contribution in [3.05, 3.63) is 35.4 Å². The van der Waals surface area contributed by atoms with E-state index in [1.165, 1.54) is 11.1 Å². The smallest absolute Gasteiger partial charge is 0.222 e. The highest BCUT2D eigenvalue weighted by atomic mass is 16.2. The lowest BCUT2D eigenvalue weighted by molar-refractivity contribution is -0.127. The molecule has 5 nitrogen and oxygen atoms in total. The molecule has 0 aliphatic carbocycles. The standard InChI is InChI=1S/C21H34N4O/c1-5-22-20(23-13-7-15-25-14-6-8-19(25)26)24-16-21(3,4)18-11-9-17(2)10-12-18/h9-12H,5-8,13-16H2,1-4H3,(H2,22,23,24). The molecule has 144 valence electrons. The summed E-state index contributed by atoms with van der Waals surface area (Å²) < 4.78 is 0. The molecule has 1 saturated heterocycles. The first-order valence-electron chi connectivity index (χ1n) is 9.79. The van der Waals surface area contributed by atoms with Crippen molar-refractivity contribution in [1.29, 1.82) is 0 Å². The van der Waals surface area contributed by atoms with Crippen molar-refractivity contribution in [2.75, 3.05) is 32.7 Å². The van der Waals surface area contributed by atoms with Crippen LogP contribution in [0.4, 0.5) is 0 Å². The highest BCUT2D eigenvalue weighted by Crippen LogP contribution is 2.23. The van der Waals surface area contributed by atoms with Crippen LogP contribution in [0.25, 0.3) is 0 Å². The first-order chi connectivity index (χ1) is 12.4. The number of rotatable bonds is 8. The summed E-state index contributed by atoms with van der Waals surface area (Å²) in [6.45, 7) is 12.8. The Morgan fingerprint density at radius 2 is 1.96 bits per heavy atom. The molecule has 0 bridgehead atoms. The summed E-state index contributed by atoms with van der Waals surface area (Å²) >= 11 is 0. The minimum absolute atomic E-state index is 0.0159. The van der Waals surface area contributed by atoms with Crippen molar-refractivity contribution in [2.24, 2.45) is 4.99 Å². The van der Waals surface area contributed by atoms with E-state index in [1.54, 1.807) is 0 Å². The highest BCUT2D eigenvalue weighted by molar-refractivity contribution is 5.80. The van der Waals surface area contributed by atoms with Gasteiger partial charge in [0, 0.05) is 38.0 Å². The monoisotopic (exact) mass is 358 g/mol. The summed E-state index contributed by atoms with van der Waals surface area (Å²) in [6.07, 6.45) is 2.66. The fourth-order valence-electron chi connectivity index (χ4n) is 3.13. The minimum atomic E-state index is -0.0159. The molecule has 0 unspecified atom stereocenters. The number of aliphatic imine (C=N–C) groups is 1. The first kappa shape index (κ1) is 20.3. The molecule has 1 aliphatic heterocycles. The topological polar surface area (TPSA) is 56.7 Å². The van der Waals surface area contributed by atoms with Gasteiger partial charge in [0.05, 0.1) is 6.54 Å². The van der Waals surface area contributed by atoms with Crippen LogP contribution in [0.2, 0.25) is 0 Å². The Balaban J connectivity index is 1.84. The van der Waals surface area contributed by atoms with E-state index in [-0.39, 0.29) is 5.41 Å². The van der Waals surface area contributed by atoms with Gasteiger partial charge < -0.3 is 15.5 Å². The molecule has 0 aromatic heterocycles. The van der Waals surface area contributed by atoms with E-state index >= 15 is 0 Å². The normalized spacial score (nSPS) is 15.5. The Kier molecular flexibility index (Phi) is 7.49. The van der Waals surface area contributed by atoms with Gasteiger partial charge >= 0.3 is 0 Å². The maximum atomic E-state index is 11.6. The summed E-state index contributed by atoms with van der Waals surface area (Å²) in [5, 5.41) is 6.70. The van der Waals surface area contributed by atoms with Crippen molar-refractivity contribution in [2.45, 2.75) is 52.4 Å². The van der Waals surface area contributed by atoms with E-state index in [9.17, 15) is 4.79 Å². The zero-order valence-corrected chi connectivity index (χ0v) is 16.8. The van der Waals surface area contributed by atoms with E-state index < -0.39 is 0 Å². The molecular weight excluding hydrogens is 324 g/mol. The maximum absolute atomic E-state index is 11.6. The van der Waals surface area contributed by atoms with Crippen LogP contribution in [0.1, 0.15) is 51.2 Å². The van der Waals surface area contributed by atoms with Gasteiger partial charge in [0.25, 0.3) is 0 Å². The van der Waals surface area contributed by atoms with Crippen LogP contribution in [-0.4, -0.2) is 49.5 Å². The van der Waals surface area contributed by atoms with Crippen LogP contribution in [0, 0.1) is 6.92 Å². The van der Waals surface area contributed by atoms with Crippen LogP contribution in [0.5, 0.6) is 0 Å². The van der Waals surface area contributed by atoms with E-state index in [0.717, 1.165) is 51.5 Å². The molecule has 0 saturated carbocycles. The van der Waals surface area contributed by atoms with Gasteiger partial charge in [0.15, 0.2) is 5.96 Å². The van der Waals surface area contributed by atoms with Crippen molar-refractivity contribution in [1.82, 2.24) is 15.5 Å². The van der Waals surface area contributed by atoms with Gasteiger partial charge in [-0.25, -0.2) is 0 Å². The molecule has 2 rings (SSSR count). The number of carbonyl (C=O) groups is 1. The molecule has 1 heterocycles. The predicted octanol–water partition coefficient (Wildman–Crippen LogP) is 2.84. The van der Waals surface area contributed by atoms with E-state index in [2.05, 4.69) is 62.6 Å². The lowest BCUT2D eigenvalue weighted by atomic mass is 9.84. The summed E-state index contributed by atoms with van der Waals surface area (Å²) in [6, 6.07) is 8.70. The second-order valence-corrected chi connectivity index (χ2v) is 7.71. The van der Waals surface area contributed by atoms with Gasteiger partial charge in [-0.3, -0.25) is 9.79 Å². The van der Waals surface area contributed by atoms with E-state index in [0.29, 0.717) is 12.3 Å². The summed E-state index contributed by atoms with van der Waals surface area (Å²) in [5.74, 6) is 1.14. The molecule has 0 radical (unpaired) electrons. The maximum Gasteiger partial charge on any atom is 0.222 e. The third-order valence-corrected chi connectivity index (χ3v) is 4.88. The molecule has 26 heavy (non-hydrogen) atoms. The number of nitrogens with zero attached hydrogens (tertiary/aromatic N) is 2. The van der Waals surface area contributed by atoms with Crippen molar-refractivity contribution < 1.29 is 4.79 Å². The van der Waals surface area contributed by atoms with Gasteiger partial charge in [-0.2, -0.15) is 0 Å². The molecule has 2 N–H and O–H groups in total. The lowest BCUT2D eigenvalue weighted by Crippen LogP contribution is -2.40. The lowest BCUT2D eigenvalue weighted by Gasteiger charge is -2.24. The van der Waals surface area contributed by atoms with Crippen LogP contribution in [0.15, 0.2) is 29.3 Å². The molecule has 5 heteroatoms. The zero-order chi connectivity index (χ0) is 19.0. The molecule has 1 aliphatic rings. The average Bonchev–Trinajstić information content (AvgIpc) is 3.02. The zero-order valence-electron chi connectivity index (χ0n) is 16.8. The SMILES string of the molecule is CCNC(=NCC(C)(C)c1ccc(C)cc1)NCCCN1CCCC1=O. The van der Waals surface area contributed by atoms with Crippen LogP contribution < -0.4 is 10.6 Å². The molecule has 0 spiro atoms. The predicted molar refractivity (Wildman–Crippen MR) is 109 cm³/mol. The average molecular weight is 359 g/mol. The molecule has 1 aromatic carbocycles. The van der Waals surface area contributed by atoms with Crippen molar-refractivity contribution in [3.63, 3.8) is 0 Å². The Hall–Kier alpha value is -2.04. The fraction of sp³-hybridized carbons (Fsp3) is 0.619. The van der Waals surface area contributed by atoms with Gasteiger partial charge in [-0.05, 0) is 32.3 Å². The number of aryl methyl sites for hydroxylation is 1. The molecule has 1 aromatic rings.